The molecule has 1 aromatic heterocycles. The van der Waals surface area contributed by atoms with Crippen LogP contribution in [0.3, 0.4) is 0 Å². The van der Waals surface area contributed by atoms with Crippen molar-refractivity contribution in [3.63, 3.8) is 0 Å². The first-order valence-corrected chi connectivity index (χ1v) is 8.72. The Labute approximate surface area is 115 Å². The van der Waals surface area contributed by atoms with Crippen LogP contribution in [-0.4, -0.2) is 36.0 Å². The van der Waals surface area contributed by atoms with Gasteiger partial charge in [-0.3, -0.25) is 0 Å². The number of aromatic nitrogens is 2. The Bertz CT molecular complexity index is 494. The van der Waals surface area contributed by atoms with Crippen molar-refractivity contribution in [1.29, 1.82) is 0 Å². The number of hydrogen-bond donors (Lipinski definition) is 1. The van der Waals surface area contributed by atoms with E-state index in [0.29, 0.717) is 30.3 Å². The molecule has 6 heteroatoms. The molecule has 1 aliphatic heterocycles. The van der Waals surface area contributed by atoms with Gasteiger partial charge in [-0.1, -0.05) is 13.8 Å². The zero-order chi connectivity index (χ0) is 13.9. The van der Waals surface area contributed by atoms with Gasteiger partial charge in [0.1, 0.15) is 9.84 Å². The van der Waals surface area contributed by atoms with Crippen molar-refractivity contribution in [2.75, 3.05) is 18.1 Å². The van der Waals surface area contributed by atoms with E-state index in [-0.39, 0.29) is 6.04 Å². The summed E-state index contributed by atoms with van der Waals surface area (Å²) in [4.78, 5) is 4.20. The molecule has 2 rings (SSSR count). The molecule has 0 aliphatic carbocycles. The predicted octanol–water partition coefficient (Wildman–Crippen LogP) is 1.38. The largest absolute Gasteiger partial charge is 0.330 e. The molecule has 1 aliphatic rings. The van der Waals surface area contributed by atoms with Gasteiger partial charge in [-0.2, -0.15) is 0 Å². The number of rotatable bonds is 5. The summed E-state index contributed by atoms with van der Waals surface area (Å²) in [5, 5.41) is 3.40. The smallest absolute Gasteiger partial charge is 0.150 e. The first kappa shape index (κ1) is 14.5. The van der Waals surface area contributed by atoms with Gasteiger partial charge in [-0.05, 0) is 25.3 Å². The molecule has 1 aromatic rings. The predicted molar refractivity (Wildman–Crippen MR) is 75.7 cm³/mol. The summed E-state index contributed by atoms with van der Waals surface area (Å²) in [6.07, 6.45) is 5.11. The molecule has 0 spiro atoms. The maximum absolute atomic E-state index is 11.5. The van der Waals surface area contributed by atoms with Crippen LogP contribution < -0.4 is 5.32 Å². The minimum atomic E-state index is -2.80. The zero-order valence-corrected chi connectivity index (χ0v) is 12.5. The van der Waals surface area contributed by atoms with Gasteiger partial charge in [0.15, 0.2) is 0 Å². The Hall–Kier alpha value is -0.880. The number of nitrogens with zero attached hydrogens (tertiary/aromatic N) is 2. The fraction of sp³-hybridized carbons (Fsp3) is 0.769. The number of nitrogens with one attached hydrogen (secondary N) is 1. The van der Waals surface area contributed by atoms with E-state index in [1.165, 1.54) is 0 Å². The summed E-state index contributed by atoms with van der Waals surface area (Å²) in [5.74, 6) is 1.22. The highest BCUT2D eigenvalue weighted by Crippen LogP contribution is 2.25. The lowest BCUT2D eigenvalue weighted by Crippen LogP contribution is -2.27. The van der Waals surface area contributed by atoms with Crippen LogP contribution in [0.25, 0.3) is 0 Å². The molecule has 0 unspecified atom stereocenters. The minimum Gasteiger partial charge on any atom is -0.330 e. The molecule has 2 heterocycles. The van der Waals surface area contributed by atoms with Crippen molar-refractivity contribution in [2.24, 2.45) is 5.92 Å². The second-order valence-corrected chi connectivity index (χ2v) is 8.00. The van der Waals surface area contributed by atoms with Crippen molar-refractivity contribution in [3.8, 4) is 0 Å². The van der Waals surface area contributed by atoms with Crippen LogP contribution in [0.15, 0.2) is 12.5 Å². The lowest BCUT2D eigenvalue weighted by atomic mass is 10.1. The molecular weight excluding hydrogens is 262 g/mol. The van der Waals surface area contributed by atoms with Gasteiger partial charge in [0.05, 0.1) is 23.5 Å². The lowest BCUT2D eigenvalue weighted by Gasteiger charge is -2.25. The first-order chi connectivity index (χ1) is 8.98. The van der Waals surface area contributed by atoms with Crippen molar-refractivity contribution in [2.45, 2.75) is 39.3 Å². The van der Waals surface area contributed by atoms with Crippen LogP contribution in [0.4, 0.5) is 0 Å². The summed E-state index contributed by atoms with van der Waals surface area (Å²) >= 11 is 0. The topological polar surface area (TPSA) is 64.0 Å². The molecule has 108 valence electrons. The normalized spacial score (nSPS) is 19.9. The second-order valence-electron chi connectivity index (χ2n) is 5.70. The average Bonchev–Trinajstić information content (AvgIpc) is 2.77. The number of sulfone groups is 1. The van der Waals surface area contributed by atoms with Gasteiger partial charge in [0, 0.05) is 18.8 Å². The zero-order valence-electron chi connectivity index (χ0n) is 11.7. The molecule has 0 bridgehead atoms. The lowest BCUT2D eigenvalue weighted by molar-refractivity contribution is 0.430. The molecule has 1 fully saturated rings. The van der Waals surface area contributed by atoms with E-state index in [2.05, 4.69) is 28.7 Å². The van der Waals surface area contributed by atoms with E-state index in [0.717, 1.165) is 18.8 Å². The van der Waals surface area contributed by atoms with E-state index < -0.39 is 9.84 Å². The van der Waals surface area contributed by atoms with Gasteiger partial charge >= 0.3 is 0 Å². The van der Waals surface area contributed by atoms with Crippen LogP contribution in [0.2, 0.25) is 0 Å². The molecule has 1 saturated heterocycles. The third-order valence-corrected chi connectivity index (χ3v) is 5.24. The standard InChI is InChI=1S/C13H23N3O2S/c1-11(2)7-14-8-13-9-15-10-16(13)12-3-5-19(17,18)6-4-12/h9-12,14H,3-8H2,1-2H3. The van der Waals surface area contributed by atoms with Crippen molar-refractivity contribution < 1.29 is 8.42 Å². The summed E-state index contributed by atoms with van der Waals surface area (Å²) < 4.78 is 25.1. The Balaban J connectivity index is 1.96. The van der Waals surface area contributed by atoms with E-state index in [4.69, 9.17) is 0 Å². The highest BCUT2D eigenvalue weighted by atomic mass is 32.2. The molecule has 0 atom stereocenters. The Morgan fingerprint density at radius 3 is 2.74 bits per heavy atom. The summed E-state index contributed by atoms with van der Waals surface area (Å²) in [7, 11) is -2.80. The summed E-state index contributed by atoms with van der Waals surface area (Å²) in [6.45, 7) is 6.12. The molecule has 5 nitrogen and oxygen atoms in total. The van der Waals surface area contributed by atoms with Crippen LogP contribution in [0.5, 0.6) is 0 Å². The van der Waals surface area contributed by atoms with Crippen molar-refractivity contribution >= 4 is 9.84 Å². The maximum atomic E-state index is 11.5. The summed E-state index contributed by atoms with van der Waals surface area (Å²) in [6, 6.07) is 0.280. The maximum Gasteiger partial charge on any atom is 0.150 e. The van der Waals surface area contributed by atoms with Crippen LogP contribution in [-0.2, 0) is 16.4 Å². The SMILES string of the molecule is CC(C)CNCc1cncn1C1CCS(=O)(=O)CC1. The molecule has 0 radical (unpaired) electrons. The van der Waals surface area contributed by atoms with Crippen molar-refractivity contribution in [1.82, 2.24) is 14.9 Å². The van der Waals surface area contributed by atoms with E-state index in [9.17, 15) is 8.42 Å². The second kappa shape index (κ2) is 6.05. The molecule has 0 amide bonds. The summed E-state index contributed by atoms with van der Waals surface area (Å²) in [5.41, 5.74) is 1.14. The van der Waals surface area contributed by atoms with Gasteiger partial charge in [-0.25, -0.2) is 13.4 Å². The van der Waals surface area contributed by atoms with Crippen LogP contribution in [0.1, 0.15) is 38.4 Å². The molecule has 1 N–H and O–H groups in total. The minimum absolute atomic E-state index is 0.280. The molecule has 19 heavy (non-hydrogen) atoms. The van der Waals surface area contributed by atoms with Gasteiger partial charge in [0.25, 0.3) is 0 Å². The van der Waals surface area contributed by atoms with E-state index in [1.54, 1.807) is 0 Å². The third-order valence-electron chi connectivity index (χ3n) is 3.52. The molecular formula is C13H23N3O2S. The Morgan fingerprint density at radius 1 is 1.42 bits per heavy atom. The Morgan fingerprint density at radius 2 is 2.11 bits per heavy atom. The first-order valence-electron chi connectivity index (χ1n) is 6.90. The van der Waals surface area contributed by atoms with E-state index >= 15 is 0 Å². The third kappa shape index (κ3) is 4.04. The van der Waals surface area contributed by atoms with E-state index in [1.807, 2.05) is 12.5 Å². The van der Waals surface area contributed by atoms with Gasteiger partial charge in [0.2, 0.25) is 0 Å². The fourth-order valence-corrected chi connectivity index (χ4v) is 3.91. The average molecular weight is 285 g/mol. The quantitative estimate of drug-likeness (QED) is 0.887. The highest BCUT2D eigenvalue weighted by molar-refractivity contribution is 7.91. The Kier molecular flexibility index (Phi) is 4.62. The highest BCUT2D eigenvalue weighted by Gasteiger charge is 2.25. The monoisotopic (exact) mass is 285 g/mol. The number of imidazole rings is 1. The molecule has 0 saturated carbocycles. The molecule has 0 aromatic carbocycles. The van der Waals surface area contributed by atoms with Gasteiger partial charge in [-0.15, -0.1) is 0 Å². The van der Waals surface area contributed by atoms with Gasteiger partial charge < -0.3 is 9.88 Å². The van der Waals surface area contributed by atoms with Crippen LogP contribution in [0, 0.1) is 5.92 Å². The number of hydrogen-bond acceptors (Lipinski definition) is 4. The fourth-order valence-electron chi connectivity index (χ4n) is 2.44. The van der Waals surface area contributed by atoms with Crippen LogP contribution >= 0.6 is 0 Å². The van der Waals surface area contributed by atoms with Crippen molar-refractivity contribution in [3.05, 3.63) is 18.2 Å².